The Morgan fingerprint density at radius 1 is 0.351 bits per heavy atom. The van der Waals surface area contributed by atoms with E-state index in [9.17, 15) is 15.1 Å². The number of fused-ring (bicyclic) bond motifs is 9. The van der Waals surface area contributed by atoms with E-state index in [2.05, 4.69) is 0 Å². The van der Waals surface area contributed by atoms with Gasteiger partial charge in [-0.25, -0.2) is 0 Å². The third kappa shape index (κ3) is 4.92. The second-order valence-corrected chi connectivity index (χ2v) is 13.0. The summed E-state index contributed by atoms with van der Waals surface area (Å²) in [6, 6.07) is -0.756. The van der Waals surface area contributed by atoms with E-state index in [1.165, 1.54) is 22.8 Å². The van der Waals surface area contributed by atoms with Gasteiger partial charge in [0.1, 0.15) is 11.2 Å². The van der Waals surface area contributed by atoms with Gasteiger partial charge in [0.2, 0.25) is 0 Å². The van der Waals surface area contributed by atoms with E-state index < -0.39 is 166 Å². The molecule has 266 valence electrons. The quantitative estimate of drug-likeness (QED) is 0.172. The van der Waals surface area contributed by atoms with Gasteiger partial charge in [-0.05, 0) is 93.9 Å². The molecule has 0 aliphatic heterocycles. The molecule has 57 heavy (non-hydrogen) atoms. The predicted molar refractivity (Wildman–Crippen MR) is 239 cm³/mol. The molecule has 0 spiro atoms. The van der Waals surface area contributed by atoms with E-state index in [1.54, 1.807) is 30.3 Å². The summed E-state index contributed by atoms with van der Waals surface area (Å²) in [6.45, 7) is 0. The number of rotatable bonds is 5. The predicted octanol–water partition coefficient (Wildman–Crippen LogP) is 14.8. The van der Waals surface area contributed by atoms with Crippen LogP contribution >= 0.6 is 0 Å². The Hall–Kier alpha value is -7.62. The Labute approximate surface area is 362 Å². The Balaban J connectivity index is 1.18. The summed E-state index contributed by atoms with van der Waals surface area (Å²) in [6.07, 6.45) is 0. The Morgan fingerprint density at radius 2 is 1.04 bits per heavy atom. The molecule has 0 saturated heterocycles. The maximum absolute atomic E-state index is 9.95. The number of hydrogen-bond acceptors (Lipinski definition) is 1. The molecule has 12 rings (SSSR count). The molecule has 0 fully saturated rings. The van der Waals surface area contributed by atoms with Crippen LogP contribution in [-0.2, 0) is 0 Å². The number of nitrogens with zero attached hydrogens (tertiary/aromatic N) is 2. The zero-order valence-corrected chi connectivity index (χ0v) is 29.1. The highest BCUT2D eigenvalue weighted by atomic mass is 16.3. The van der Waals surface area contributed by atoms with E-state index in [4.69, 9.17) is 22.2 Å². The summed E-state index contributed by atoms with van der Waals surface area (Å²) >= 11 is 0. The molecule has 0 unspecified atom stereocenters. The SMILES string of the molecule is [2H]c1cc([2H])cc(-c2c([2H])cc(-c3c([2H])c([2H])c([2H])c4oc5c([2H])c(-n6c7cc([2H])c(-c8c([2H])c([2H])c9c%10c([2H])c([2H])c([2H])c([2H])c%10n(-c%10ccccc%10)c9c8[2H])c([2H])c7c7c([2H])c([2H])c([2H])c([2H])c76)c([2H])c([2H])c5c34)c([2H])c2[2H])c1. The molecule has 12 aromatic rings. The van der Waals surface area contributed by atoms with Gasteiger partial charge in [0, 0.05) is 49.7 Å². The maximum atomic E-state index is 9.95. The van der Waals surface area contributed by atoms with Gasteiger partial charge in [0.05, 0.1) is 55.0 Å². The van der Waals surface area contributed by atoms with Crippen molar-refractivity contribution in [2.45, 2.75) is 0 Å². The molecule has 3 aromatic heterocycles. The van der Waals surface area contributed by atoms with Crippen molar-refractivity contribution in [1.82, 2.24) is 9.13 Å². The van der Waals surface area contributed by atoms with Crippen molar-refractivity contribution in [2.24, 2.45) is 0 Å². The normalized spacial score (nSPS) is 17.8. The molecule has 3 heterocycles. The molecule has 0 amide bonds. The van der Waals surface area contributed by atoms with Gasteiger partial charge in [-0.15, -0.1) is 0 Å². The summed E-state index contributed by atoms with van der Waals surface area (Å²) in [5.41, 5.74) is -4.05. The van der Waals surface area contributed by atoms with Crippen LogP contribution < -0.4 is 0 Å². The summed E-state index contributed by atoms with van der Waals surface area (Å²) in [7, 11) is 0. The third-order valence-corrected chi connectivity index (χ3v) is 9.83. The van der Waals surface area contributed by atoms with E-state index in [0.717, 1.165) is 16.7 Å². The molecule has 0 N–H and O–H groups in total. The molecule has 0 bridgehead atoms. The molecule has 0 atom stereocenters. The maximum Gasteiger partial charge on any atom is 0.137 e. The topological polar surface area (TPSA) is 23.0 Å². The van der Waals surface area contributed by atoms with Crippen LogP contribution in [0, 0.1) is 0 Å². The van der Waals surface area contributed by atoms with Gasteiger partial charge in [0.15, 0.2) is 0 Å². The van der Waals surface area contributed by atoms with Gasteiger partial charge < -0.3 is 13.6 Å². The first-order valence-electron chi connectivity index (χ1n) is 29.5. The van der Waals surface area contributed by atoms with Crippen molar-refractivity contribution in [3.8, 4) is 44.8 Å². The summed E-state index contributed by atoms with van der Waals surface area (Å²) in [5.74, 6) is 0. The largest absolute Gasteiger partial charge is 0.456 e. The number of aromatic nitrogens is 2. The third-order valence-electron chi connectivity index (χ3n) is 9.83. The molecular weight excluding hydrogens is 693 g/mol. The van der Waals surface area contributed by atoms with E-state index >= 15 is 0 Å². The minimum Gasteiger partial charge on any atom is -0.456 e. The molecular formula is C54H34N2O. The molecule has 0 aliphatic carbocycles. The zero-order valence-electron chi connectivity index (χ0n) is 53.1. The Bertz CT molecular complexity index is 4910. The van der Waals surface area contributed by atoms with Gasteiger partial charge in [-0.1, -0.05) is 139 Å². The second-order valence-electron chi connectivity index (χ2n) is 13.0. The highest BCUT2D eigenvalue weighted by Gasteiger charge is 2.18. The second kappa shape index (κ2) is 12.5. The number of benzene rings is 9. The summed E-state index contributed by atoms with van der Waals surface area (Å²) < 4.78 is 227. The van der Waals surface area contributed by atoms with E-state index in [1.807, 2.05) is 0 Å². The van der Waals surface area contributed by atoms with Crippen molar-refractivity contribution in [1.29, 1.82) is 0 Å². The van der Waals surface area contributed by atoms with Gasteiger partial charge in [0.25, 0.3) is 0 Å². The van der Waals surface area contributed by atoms with Crippen LogP contribution in [0.4, 0.5) is 0 Å². The van der Waals surface area contributed by atoms with Crippen LogP contribution in [0.2, 0.25) is 0 Å². The van der Waals surface area contributed by atoms with Crippen LogP contribution in [0.25, 0.3) is 110 Å². The lowest BCUT2D eigenvalue weighted by molar-refractivity contribution is 0.668. The molecule has 9 aromatic carbocycles. The fourth-order valence-electron chi connectivity index (χ4n) is 7.30. The van der Waals surface area contributed by atoms with Gasteiger partial charge >= 0.3 is 0 Å². The first-order valence-corrected chi connectivity index (χ1v) is 17.5. The van der Waals surface area contributed by atoms with Crippen LogP contribution in [0.1, 0.15) is 32.9 Å². The molecule has 0 saturated carbocycles. The lowest BCUT2D eigenvalue weighted by Gasteiger charge is -2.10. The van der Waals surface area contributed by atoms with Crippen molar-refractivity contribution in [3.63, 3.8) is 0 Å². The standard InChI is InChI=1S/C54H34N2O/c1-3-12-35(13-4-1)36-22-24-37(25-23-36)42-18-11-21-52-54(42)46-30-28-41(34-53(46)57-52)56-49-20-10-8-17-44(49)47-32-38(27-31-50(47)56)39-26-29-45-43-16-7-9-19-48(43)55(51(45)33-39)40-14-5-2-6-15-40/h1-34H/i3D,4D,7D,8D,9D,10D,11D,16D,17D,18D,19D,20D,21D,22D,23D,24D,26D,27D,28D,29D,30D,32D,33D,34D. The van der Waals surface area contributed by atoms with Crippen molar-refractivity contribution < 1.29 is 37.3 Å². The van der Waals surface area contributed by atoms with Crippen molar-refractivity contribution >= 4 is 65.6 Å². The highest BCUT2D eigenvalue weighted by molar-refractivity contribution is 6.15. The van der Waals surface area contributed by atoms with E-state index in [0.29, 0.717) is 5.69 Å². The van der Waals surface area contributed by atoms with E-state index in [-0.39, 0.29) is 83.9 Å². The first-order chi connectivity index (χ1) is 38.2. The van der Waals surface area contributed by atoms with Crippen LogP contribution in [0.3, 0.4) is 0 Å². The fraction of sp³-hybridized carbons (Fsp3) is 0. The first kappa shape index (κ1) is 16.2. The zero-order chi connectivity index (χ0) is 58.3. The van der Waals surface area contributed by atoms with Crippen molar-refractivity contribution in [2.75, 3.05) is 0 Å². The number of furan rings is 1. The molecule has 3 heteroatoms. The average molecular weight is 751 g/mol. The molecule has 0 radical (unpaired) electrons. The number of para-hydroxylation sites is 3. The summed E-state index contributed by atoms with van der Waals surface area (Å²) in [5, 5.41) is -1.79. The monoisotopic (exact) mass is 750 g/mol. The van der Waals surface area contributed by atoms with Crippen LogP contribution in [-0.4, -0.2) is 9.13 Å². The molecule has 0 aliphatic rings. The average Bonchev–Trinajstić information content (AvgIpc) is 4.17. The van der Waals surface area contributed by atoms with Gasteiger partial charge in [-0.2, -0.15) is 0 Å². The Kier molecular flexibility index (Phi) is 3.55. The lowest BCUT2D eigenvalue weighted by atomic mass is 9.97. The molecule has 3 nitrogen and oxygen atoms in total. The number of hydrogen-bond donors (Lipinski definition) is 0. The highest BCUT2D eigenvalue weighted by Crippen LogP contribution is 2.41. The fourth-order valence-corrected chi connectivity index (χ4v) is 7.30. The summed E-state index contributed by atoms with van der Waals surface area (Å²) in [4.78, 5) is 0. The van der Waals surface area contributed by atoms with Gasteiger partial charge in [-0.3, -0.25) is 0 Å². The minimum absolute atomic E-state index is 0.0976. The smallest absolute Gasteiger partial charge is 0.137 e. The Morgan fingerprint density at radius 3 is 1.88 bits per heavy atom. The van der Waals surface area contributed by atoms with Crippen LogP contribution in [0.15, 0.2) is 210 Å². The van der Waals surface area contributed by atoms with Crippen LogP contribution in [0.5, 0.6) is 0 Å². The minimum atomic E-state index is -0.832. The lowest BCUT2D eigenvalue weighted by Crippen LogP contribution is -1.94. The van der Waals surface area contributed by atoms with Crippen molar-refractivity contribution in [3.05, 3.63) is 206 Å².